The average Bonchev–Trinajstić information content (AvgIpc) is 3.11. The van der Waals surface area contributed by atoms with Gasteiger partial charge in [-0.15, -0.1) is 0 Å². The SMILES string of the molecule is CCn1c2ccccc2c2cc(NC(=O)c3cccc(S(=O)(=O)N(C)OC)c3)ccc21. The standard InChI is InChI=1S/C23H23N3O4S/c1-4-26-21-11-6-5-10-19(21)20-15-17(12-13-22(20)26)24-23(27)16-8-7-9-18(14-16)31(28,29)25(2)30-3/h5-15H,4H2,1-3H3,(H,24,27). The van der Waals surface area contributed by atoms with Crippen molar-refractivity contribution in [1.82, 2.24) is 9.04 Å². The second-order valence-electron chi connectivity index (χ2n) is 7.07. The third-order valence-corrected chi connectivity index (χ3v) is 7.01. The molecule has 0 bridgehead atoms. The number of carbonyl (C=O) groups excluding carboxylic acids is 1. The quantitative estimate of drug-likeness (QED) is 0.457. The lowest BCUT2D eigenvalue weighted by molar-refractivity contribution is -0.0258. The Morgan fingerprint density at radius 3 is 2.48 bits per heavy atom. The second kappa shape index (κ2) is 8.14. The van der Waals surface area contributed by atoms with Crippen molar-refractivity contribution < 1.29 is 18.0 Å². The fraction of sp³-hybridized carbons (Fsp3) is 0.174. The van der Waals surface area contributed by atoms with Gasteiger partial charge in [0.25, 0.3) is 15.9 Å². The summed E-state index contributed by atoms with van der Waals surface area (Å²) >= 11 is 0. The van der Waals surface area contributed by atoms with E-state index in [4.69, 9.17) is 4.84 Å². The number of nitrogens with one attached hydrogen (secondary N) is 1. The zero-order valence-corrected chi connectivity index (χ0v) is 18.3. The molecule has 7 nitrogen and oxygen atoms in total. The van der Waals surface area contributed by atoms with E-state index in [9.17, 15) is 13.2 Å². The lowest BCUT2D eigenvalue weighted by Crippen LogP contribution is -2.26. The van der Waals surface area contributed by atoms with Crippen LogP contribution in [0.15, 0.2) is 71.6 Å². The van der Waals surface area contributed by atoms with Crippen LogP contribution in [-0.2, 0) is 21.4 Å². The van der Waals surface area contributed by atoms with Gasteiger partial charge in [-0.1, -0.05) is 28.7 Å². The predicted molar refractivity (Wildman–Crippen MR) is 121 cm³/mol. The van der Waals surface area contributed by atoms with E-state index in [0.717, 1.165) is 32.8 Å². The molecule has 8 heteroatoms. The van der Waals surface area contributed by atoms with E-state index in [2.05, 4.69) is 28.9 Å². The number of amides is 1. The Labute approximate surface area is 180 Å². The number of anilines is 1. The number of rotatable bonds is 6. The topological polar surface area (TPSA) is 80.6 Å². The van der Waals surface area contributed by atoms with Crippen LogP contribution in [0.2, 0.25) is 0 Å². The van der Waals surface area contributed by atoms with E-state index < -0.39 is 15.9 Å². The molecule has 0 spiro atoms. The van der Waals surface area contributed by atoms with E-state index in [0.29, 0.717) is 5.69 Å². The molecule has 0 aliphatic rings. The summed E-state index contributed by atoms with van der Waals surface area (Å²) in [5.74, 6) is -0.393. The van der Waals surface area contributed by atoms with Crippen LogP contribution in [0.3, 0.4) is 0 Å². The molecule has 1 aromatic heterocycles. The number of sulfonamides is 1. The number of para-hydroxylation sites is 1. The highest BCUT2D eigenvalue weighted by Gasteiger charge is 2.22. The summed E-state index contributed by atoms with van der Waals surface area (Å²) in [6.07, 6.45) is 0. The molecule has 0 aliphatic carbocycles. The molecule has 1 N–H and O–H groups in total. The Bertz CT molecular complexity index is 1390. The van der Waals surface area contributed by atoms with Gasteiger partial charge in [-0.3, -0.25) is 9.63 Å². The lowest BCUT2D eigenvalue weighted by atomic mass is 10.1. The number of benzene rings is 3. The maximum Gasteiger partial charge on any atom is 0.264 e. The van der Waals surface area contributed by atoms with E-state index in [1.165, 1.54) is 32.4 Å². The monoisotopic (exact) mass is 437 g/mol. The van der Waals surface area contributed by atoms with Gasteiger partial charge in [-0.2, -0.15) is 0 Å². The maximum atomic E-state index is 12.8. The smallest absolute Gasteiger partial charge is 0.264 e. The van der Waals surface area contributed by atoms with Crippen molar-refractivity contribution in [2.45, 2.75) is 18.4 Å². The van der Waals surface area contributed by atoms with Crippen LogP contribution in [0.1, 0.15) is 17.3 Å². The van der Waals surface area contributed by atoms with Gasteiger partial charge in [0.2, 0.25) is 0 Å². The number of aromatic nitrogens is 1. The van der Waals surface area contributed by atoms with Crippen molar-refractivity contribution in [1.29, 1.82) is 0 Å². The van der Waals surface area contributed by atoms with Gasteiger partial charge < -0.3 is 9.88 Å². The third-order valence-electron chi connectivity index (χ3n) is 5.34. The number of aryl methyl sites for hydroxylation is 1. The molecule has 0 radical (unpaired) electrons. The molecule has 0 atom stereocenters. The highest BCUT2D eigenvalue weighted by atomic mass is 32.2. The Morgan fingerprint density at radius 2 is 1.74 bits per heavy atom. The van der Waals surface area contributed by atoms with Gasteiger partial charge in [0.15, 0.2) is 0 Å². The van der Waals surface area contributed by atoms with E-state index in [1.807, 2.05) is 30.3 Å². The van der Waals surface area contributed by atoms with Gasteiger partial charge in [0.1, 0.15) is 0 Å². The second-order valence-corrected chi connectivity index (χ2v) is 9.01. The number of fused-ring (bicyclic) bond motifs is 3. The minimum Gasteiger partial charge on any atom is -0.341 e. The van der Waals surface area contributed by atoms with E-state index >= 15 is 0 Å². The first-order valence-corrected chi connectivity index (χ1v) is 11.3. The predicted octanol–water partition coefficient (Wildman–Crippen LogP) is 4.25. The highest BCUT2D eigenvalue weighted by molar-refractivity contribution is 7.89. The molecule has 4 rings (SSSR count). The van der Waals surface area contributed by atoms with Crippen LogP contribution in [0, 0.1) is 0 Å². The molecular weight excluding hydrogens is 414 g/mol. The zero-order chi connectivity index (χ0) is 22.2. The lowest BCUT2D eigenvalue weighted by Gasteiger charge is -2.14. The molecule has 31 heavy (non-hydrogen) atoms. The summed E-state index contributed by atoms with van der Waals surface area (Å²) in [6.45, 7) is 2.94. The Kier molecular flexibility index (Phi) is 5.53. The summed E-state index contributed by atoms with van der Waals surface area (Å²) in [6, 6.07) is 19.8. The molecule has 1 amide bonds. The fourth-order valence-corrected chi connectivity index (χ4v) is 4.74. The third kappa shape index (κ3) is 3.69. The van der Waals surface area contributed by atoms with E-state index in [1.54, 1.807) is 6.07 Å². The Hall–Kier alpha value is -3.20. The molecule has 0 unspecified atom stereocenters. The van der Waals surface area contributed by atoms with Crippen molar-refractivity contribution in [2.75, 3.05) is 19.5 Å². The molecule has 160 valence electrons. The number of nitrogens with zero attached hydrogens (tertiary/aromatic N) is 2. The number of hydrogen-bond donors (Lipinski definition) is 1. The minimum atomic E-state index is -3.84. The Morgan fingerprint density at radius 1 is 1.00 bits per heavy atom. The molecule has 0 fully saturated rings. The van der Waals surface area contributed by atoms with Gasteiger partial charge in [0, 0.05) is 46.6 Å². The van der Waals surface area contributed by atoms with Crippen LogP contribution < -0.4 is 5.32 Å². The number of carbonyl (C=O) groups is 1. The van der Waals surface area contributed by atoms with Crippen molar-refractivity contribution in [2.24, 2.45) is 0 Å². The largest absolute Gasteiger partial charge is 0.341 e. The molecular formula is C23H23N3O4S. The van der Waals surface area contributed by atoms with E-state index in [-0.39, 0.29) is 10.5 Å². The first kappa shape index (κ1) is 21.0. The zero-order valence-electron chi connectivity index (χ0n) is 17.5. The first-order chi connectivity index (χ1) is 14.9. The van der Waals surface area contributed by atoms with Crippen molar-refractivity contribution in [3.8, 4) is 0 Å². The first-order valence-electron chi connectivity index (χ1n) is 9.82. The normalized spacial score (nSPS) is 12.0. The molecule has 1 heterocycles. The number of hydroxylamine groups is 1. The van der Waals surface area contributed by atoms with Crippen LogP contribution in [-0.4, -0.2) is 37.5 Å². The average molecular weight is 438 g/mol. The number of hydrogen-bond acceptors (Lipinski definition) is 4. The summed E-state index contributed by atoms with van der Waals surface area (Å²) in [7, 11) is -1.28. The summed E-state index contributed by atoms with van der Waals surface area (Å²) < 4.78 is 27.9. The Balaban J connectivity index is 1.68. The molecule has 0 saturated heterocycles. The van der Waals surface area contributed by atoms with Gasteiger partial charge >= 0.3 is 0 Å². The summed E-state index contributed by atoms with van der Waals surface area (Å²) in [5.41, 5.74) is 3.11. The summed E-state index contributed by atoms with van der Waals surface area (Å²) in [5, 5.41) is 5.04. The van der Waals surface area contributed by atoms with Crippen LogP contribution in [0.5, 0.6) is 0 Å². The van der Waals surface area contributed by atoms with Crippen molar-refractivity contribution >= 4 is 43.4 Å². The molecule has 3 aromatic carbocycles. The van der Waals surface area contributed by atoms with Crippen molar-refractivity contribution in [3.05, 3.63) is 72.3 Å². The van der Waals surface area contributed by atoms with Crippen LogP contribution in [0.25, 0.3) is 21.8 Å². The van der Waals surface area contributed by atoms with Gasteiger partial charge in [-0.05, 0) is 49.4 Å². The highest BCUT2D eigenvalue weighted by Crippen LogP contribution is 2.31. The fourth-order valence-electron chi connectivity index (χ4n) is 3.72. The van der Waals surface area contributed by atoms with Gasteiger partial charge in [-0.25, -0.2) is 8.42 Å². The van der Waals surface area contributed by atoms with Crippen molar-refractivity contribution in [3.63, 3.8) is 0 Å². The summed E-state index contributed by atoms with van der Waals surface area (Å²) in [4.78, 5) is 17.6. The molecule has 0 saturated carbocycles. The minimum absolute atomic E-state index is 0.0223. The maximum absolute atomic E-state index is 12.8. The molecule has 4 aromatic rings. The van der Waals surface area contributed by atoms with Crippen LogP contribution >= 0.6 is 0 Å². The molecule has 0 aliphatic heterocycles. The van der Waals surface area contributed by atoms with Gasteiger partial charge in [0.05, 0.1) is 12.0 Å². The van der Waals surface area contributed by atoms with Crippen LogP contribution in [0.4, 0.5) is 5.69 Å².